The molecule has 2 atom stereocenters. The Morgan fingerprint density at radius 3 is 2.64 bits per heavy atom. The number of carbonyl (C=O) groups excluding carboxylic acids is 1. The smallest absolute Gasteiger partial charge is 0.302 e. The molecule has 0 radical (unpaired) electrons. The Morgan fingerprint density at radius 2 is 2.09 bits per heavy atom. The second-order valence-electron chi connectivity index (χ2n) is 3.00. The lowest BCUT2D eigenvalue weighted by atomic mass is 9.95. The summed E-state index contributed by atoms with van der Waals surface area (Å²) in [6.45, 7) is 1.38. The molecular formula is C8H14O3. The van der Waals surface area contributed by atoms with E-state index in [-0.39, 0.29) is 12.1 Å². The third kappa shape index (κ3) is 2.50. The molecule has 0 aromatic carbocycles. The van der Waals surface area contributed by atoms with Crippen LogP contribution in [0, 0.1) is 0 Å². The fourth-order valence-corrected chi connectivity index (χ4v) is 1.43. The zero-order valence-corrected chi connectivity index (χ0v) is 6.75. The van der Waals surface area contributed by atoms with Crippen LogP contribution in [0.25, 0.3) is 0 Å². The van der Waals surface area contributed by atoms with Crippen molar-refractivity contribution in [2.45, 2.75) is 44.8 Å². The van der Waals surface area contributed by atoms with E-state index in [1.807, 2.05) is 0 Å². The second-order valence-corrected chi connectivity index (χ2v) is 3.00. The lowest BCUT2D eigenvalue weighted by Gasteiger charge is -2.26. The Bertz CT molecular complexity index is 144. The summed E-state index contributed by atoms with van der Waals surface area (Å²) in [4.78, 5) is 10.5. The quantitative estimate of drug-likeness (QED) is 0.575. The molecule has 11 heavy (non-hydrogen) atoms. The highest BCUT2D eigenvalue weighted by molar-refractivity contribution is 5.66. The fraction of sp³-hybridized carbons (Fsp3) is 0.875. The van der Waals surface area contributed by atoms with Crippen molar-refractivity contribution in [1.82, 2.24) is 0 Å². The highest BCUT2D eigenvalue weighted by Crippen LogP contribution is 2.20. The monoisotopic (exact) mass is 158 g/mol. The van der Waals surface area contributed by atoms with Crippen molar-refractivity contribution >= 4 is 5.97 Å². The summed E-state index contributed by atoms with van der Waals surface area (Å²) in [6, 6.07) is 0. The predicted octanol–water partition coefficient (Wildman–Crippen LogP) is 0.853. The predicted molar refractivity (Wildman–Crippen MR) is 40.0 cm³/mol. The van der Waals surface area contributed by atoms with E-state index in [1.165, 1.54) is 6.92 Å². The van der Waals surface area contributed by atoms with Crippen LogP contribution in [0.1, 0.15) is 32.6 Å². The molecule has 0 aliphatic heterocycles. The van der Waals surface area contributed by atoms with Crippen molar-refractivity contribution in [3.05, 3.63) is 0 Å². The molecule has 0 aromatic rings. The van der Waals surface area contributed by atoms with Gasteiger partial charge in [-0.1, -0.05) is 6.42 Å². The summed E-state index contributed by atoms with van der Waals surface area (Å²) in [6.07, 6.45) is 2.97. The Balaban J connectivity index is 2.35. The minimum atomic E-state index is -0.437. The van der Waals surface area contributed by atoms with Gasteiger partial charge in [0.05, 0.1) is 6.10 Å². The molecule has 0 aromatic heterocycles. The maximum atomic E-state index is 10.5. The van der Waals surface area contributed by atoms with Gasteiger partial charge in [-0.3, -0.25) is 4.79 Å². The first-order valence-electron chi connectivity index (χ1n) is 4.05. The molecule has 1 N–H and O–H groups in total. The Morgan fingerprint density at radius 1 is 1.45 bits per heavy atom. The molecule has 1 saturated carbocycles. The van der Waals surface area contributed by atoms with Crippen molar-refractivity contribution < 1.29 is 14.6 Å². The molecule has 3 heteroatoms. The first-order valence-corrected chi connectivity index (χ1v) is 4.05. The number of hydrogen-bond acceptors (Lipinski definition) is 3. The SMILES string of the molecule is CC(=O)O[C@@H]1CCCC[C@@H]1O. The molecule has 1 aliphatic carbocycles. The van der Waals surface area contributed by atoms with Gasteiger partial charge in [-0.2, -0.15) is 0 Å². The Labute approximate surface area is 66.4 Å². The lowest BCUT2D eigenvalue weighted by molar-refractivity contribution is -0.154. The van der Waals surface area contributed by atoms with Gasteiger partial charge in [0.2, 0.25) is 0 Å². The molecule has 0 spiro atoms. The minimum absolute atomic E-state index is 0.249. The van der Waals surface area contributed by atoms with Gasteiger partial charge >= 0.3 is 5.97 Å². The summed E-state index contributed by atoms with van der Waals surface area (Å²) in [5, 5.41) is 9.34. The lowest BCUT2D eigenvalue weighted by Crippen LogP contribution is -2.33. The van der Waals surface area contributed by atoms with Crippen LogP contribution in [0.2, 0.25) is 0 Å². The molecule has 0 amide bonds. The van der Waals surface area contributed by atoms with Crippen LogP contribution < -0.4 is 0 Å². The number of hydrogen-bond donors (Lipinski definition) is 1. The standard InChI is InChI=1S/C8H14O3/c1-6(9)11-8-5-3-2-4-7(8)10/h7-8,10H,2-5H2,1H3/t7-,8+/m0/s1. The van der Waals surface area contributed by atoms with Gasteiger partial charge in [0.1, 0.15) is 6.10 Å². The van der Waals surface area contributed by atoms with Crippen LogP contribution in [0.3, 0.4) is 0 Å². The first-order chi connectivity index (χ1) is 5.20. The number of aliphatic hydroxyl groups is 1. The summed E-state index contributed by atoms with van der Waals surface area (Å²) in [7, 11) is 0. The molecule has 64 valence electrons. The van der Waals surface area contributed by atoms with Crippen LogP contribution in [-0.2, 0) is 9.53 Å². The number of aliphatic hydroxyl groups excluding tert-OH is 1. The van der Waals surface area contributed by atoms with Gasteiger partial charge in [-0.05, 0) is 19.3 Å². The van der Waals surface area contributed by atoms with Gasteiger partial charge in [0.25, 0.3) is 0 Å². The van der Waals surface area contributed by atoms with Gasteiger partial charge in [0.15, 0.2) is 0 Å². The third-order valence-corrected chi connectivity index (χ3v) is 1.99. The third-order valence-electron chi connectivity index (χ3n) is 1.99. The molecular weight excluding hydrogens is 144 g/mol. The Hall–Kier alpha value is -0.570. The molecule has 3 nitrogen and oxygen atoms in total. The average Bonchev–Trinajstić information content (AvgIpc) is 1.93. The fourth-order valence-electron chi connectivity index (χ4n) is 1.43. The van der Waals surface area contributed by atoms with E-state index in [9.17, 15) is 9.90 Å². The van der Waals surface area contributed by atoms with E-state index in [2.05, 4.69) is 0 Å². The van der Waals surface area contributed by atoms with E-state index in [1.54, 1.807) is 0 Å². The van der Waals surface area contributed by atoms with Crippen molar-refractivity contribution in [3.8, 4) is 0 Å². The zero-order chi connectivity index (χ0) is 8.27. The average molecular weight is 158 g/mol. The van der Waals surface area contributed by atoms with Gasteiger partial charge < -0.3 is 9.84 Å². The number of carbonyl (C=O) groups is 1. The van der Waals surface area contributed by atoms with Crippen LogP contribution in [-0.4, -0.2) is 23.3 Å². The van der Waals surface area contributed by atoms with Crippen LogP contribution >= 0.6 is 0 Å². The maximum absolute atomic E-state index is 10.5. The first kappa shape index (κ1) is 8.53. The topological polar surface area (TPSA) is 46.5 Å². The Kier molecular flexibility index (Phi) is 2.88. The van der Waals surface area contributed by atoms with Gasteiger partial charge in [-0.25, -0.2) is 0 Å². The van der Waals surface area contributed by atoms with E-state index in [4.69, 9.17) is 4.74 Å². The molecule has 0 bridgehead atoms. The number of ether oxygens (including phenoxy) is 1. The van der Waals surface area contributed by atoms with Gasteiger partial charge in [0, 0.05) is 6.92 Å². The van der Waals surface area contributed by atoms with E-state index in [0.29, 0.717) is 0 Å². The van der Waals surface area contributed by atoms with Crippen molar-refractivity contribution in [2.75, 3.05) is 0 Å². The normalized spacial score (nSPS) is 31.5. The number of rotatable bonds is 1. The van der Waals surface area contributed by atoms with E-state index in [0.717, 1.165) is 25.7 Å². The largest absolute Gasteiger partial charge is 0.460 e. The van der Waals surface area contributed by atoms with Crippen molar-refractivity contribution in [1.29, 1.82) is 0 Å². The van der Waals surface area contributed by atoms with Crippen molar-refractivity contribution in [3.63, 3.8) is 0 Å². The maximum Gasteiger partial charge on any atom is 0.302 e. The second kappa shape index (κ2) is 3.72. The molecule has 1 aliphatic rings. The van der Waals surface area contributed by atoms with Crippen LogP contribution in [0.15, 0.2) is 0 Å². The molecule has 0 heterocycles. The zero-order valence-electron chi connectivity index (χ0n) is 6.75. The van der Waals surface area contributed by atoms with E-state index >= 15 is 0 Å². The molecule has 0 unspecified atom stereocenters. The highest BCUT2D eigenvalue weighted by atomic mass is 16.6. The highest BCUT2D eigenvalue weighted by Gasteiger charge is 2.24. The molecule has 1 fully saturated rings. The number of esters is 1. The molecule has 1 rings (SSSR count). The minimum Gasteiger partial charge on any atom is -0.460 e. The summed E-state index contributed by atoms with van der Waals surface area (Å²) in [5.74, 6) is -0.295. The van der Waals surface area contributed by atoms with Gasteiger partial charge in [-0.15, -0.1) is 0 Å². The van der Waals surface area contributed by atoms with Crippen LogP contribution in [0.4, 0.5) is 0 Å². The van der Waals surface area contributed by atoms with Crippen LogP contribution in [0.5, 0.6) is 0 Å². The van der Waals surface area contributed by atoms with Crippen molar-refractivity contribution in [2.24, 2.45) is 0 Å². The summed E-state index contributed by atoms with van der Waals surface area (Å²) < 4.78 is 4.91. The van der Waals surface area contributed by atoms with E-state index < -0.39 is 6.10 Å². The molecule has 0 saturated heterocycles. The summed E-state index contributed by atoms with van der Waals surface area (Å²) >= 11 is 0. The summed E-state index contributed by atoms with van der Waals surface area (Å²) in [5.41, 5.74) is 0.